The summed E-state index contributed by atoms with van der Waals surface area (Å²) in [5, 5.41) is 3.15. The monoisotopic (exact) mass is 550 g/mol. The van der Waals surface area contributed by atoms with Gasteiger partial charge in [0.25, 0.3) is 0 Å². The second-order valence-corrected chi connectivity index (χ2v) is 13.5. The van der Waals surface area contributed by atoms with Gasteiger partial charge in [0.05, 0.1) is 0 Å². The van der Waals surface area contributed by atoms with Crippen LogP contribution in [0.1, 0.15) is 104 Å². The Kier molecular flexibility index (Phi) is 10.4. The van der Waals surface area contributed by atoms with Crippen molar-refractivity contribution in [3.8, 4) is 0 Å². The fraction of sp³-hybridized carbons (Fsp3) is 0.903. The van der Waals surface area contributed by atoms with Crippen LogP contribution in [0.15, 0.2) is 12.2 Å². The van der Waals surface area contributed by atoms with E-state index in [1.165, 1.54) is 64.2 Å². The number of nitrogens with one attached hydrogen (secondary N) is 1. The molecule has 0 bridgehead atoms. The van der Waals surface area contributed by atoms with Crippen molar-refractivity contribution < 1.29 is 4.79 Å². The van der Waals surface area contributed by atoms with Crippen molar-refractivity contribution in [3.05, 3.63) is 12.2 Å². The standard InChI is InChI=1S/C31H54N2O.BrH/c1-23(12-17-29(34)32-21-9-6-10-22-33(4)5)26-15-16-27-25-14-13-24-11-7-8-19-30(24,2)28(25)18-20-31(26,27)3;/h6,10,23-28H,7-9,11-22H2,1-5H3,(H,32,34);1H/t23-,24?,25?,26-,27?,28?,30+,31-;/m1./s1. The van der Waals surface area contributed by atoms with Gasteiger partial charge < -0.3 is 10.2 Å². The van der Waals surface area contributed by atoms with Gasteiger partial charge in [0.1, 0.15) is 0 Å². The summed E-state index contributed by atoms with van der Waals surface area (Å²) in [6, 6.07) is 0. The summed E-state index contributed by atoms with van der Waals surface area (Å²) in [7, 11) is 4.15. The number of likely N-dealkylation sites (N-methyl/N-ethyl adjacent to an activating group) is 1. The summed E-state index contributed by atoms with van der Waals surface area (Å²) in [5.41, 5.74) is 1.16. The zero-order valence-corrected chi connectivity index (χ0v) is 25.2. The van der Waals surface area contributed by atoms with Gasteiger partial charge in [-0.05, 0) is 125 Å². The molecule has 4 fully saturated rings. The number of nitrogens with zero attached hydrogens (tertiary/aromatic N) is 1. The Morgan fingerprint density at radius 1 is 0.971 bits per heavy atom. The molecule has 4 aliphatic carbocycles. The smallest absolute Gasteiger partial charge is 0.220 e. The van der Waals surface area contributed by atoms with Gasteiger partial charge in [-0.25, -0.2) is 0 Å². The second-order valence-electron chi connectivity index (χ2n) is 13.5. The Labute approximate surface area is 227 Å². The molecule has 0 heterocycles. The van der Waals surface area contributed by atoms with E-state index in [4.69, 9.17) is 0 Å². The quantitative estimate of drug-likeness (QED) is 0.236. The highest BCUT2D eigenvalue weighted by Crippen LogP contribution is 2.68. The first-order valence-corrected chi connectivity index (χ1v) is 14.8. The first kappa shape index (κ1) is 29.2. The van der Waals surface area contributed by atoms with E-state index in [0.29, 0.717) is 23.2 Å². The van der Waals surface area contributed by atoms with Crippen molar-refractivity contribution in [2.24, 2.45) is 46.3 Å². The van der Waals surface area contributed by atoms with Gasteiger partial charge in [-0.2, -0.15) is 0 Å². The molecule has 1 N–H and O–H groups in total. The third-order valence-corrected chi connectivity index (χ3v) is 11.4. The molecule has 1 amide bonds. The highest BCUT2D eigenvalue weighted by molar-refractivity contribution is 8.93. The topological polar surface area (TPSA) is 32.3 Å². The van der Waals surface area contributed by atoms with Crippen molar-refractivity contribution in [2.45, 2.75) is 104 Å². The lowest BCUT2D eigenvalue weighted by molar-refractivity contribution is -0.122. The van der Waals surface area contributed by atoms with Crippen molar-refractivity contribution in [2.75, 3.05) is 27.2 Å². The van der Waals surface area contributed by atoms with E-state index in [9.17, 15) is 4.79 Å². The Morgan fingerprint density at radius 2 is 1.74 bits per heavy atom. The van der Waals surface area contributed by atoms with Crippen LogP contribution in [0.2, 0.25) is 0 Å². The summed E-state index contributed by atoms with van der Waals surface area (Å²) in [6.45, 7) is 9.55. The zero-order valence-electron chi connectivity index (χ0n) is 23.5. The largest absolute Gasteiger partial charge is 0.356 e. The lowest BCUT2D eigenvalue weighted by Gasteiger charge is -2.61. The number of halogens is 1. The van der Waals surface area contributed by atoms with Crippen LogP contribution in [-0.4, -0.2) is 38.0 Å². The molecule has 202 valence electrons. The second kappa shape index (κ2) is 12.5. The fourth-order valence-electron chi connectivity index (χ4n) is 9.62. The molecule has 8 atom stereocenters. The van der Waals surface area contributed by atoms with E-state index >= 15 is 0 Å². The van der Waals surface area contributed by atoms with E-state index in [1.54, 1.807) is 0 Å². The van der Waals surface area contributed by atoms with Crippen molar-refractivity contribution in [1.29, 1.82) is 0 Å². The molecule has 0 aromatic carbocycles. The summed E-state index contributed by atoms with van der Waals surface area (Å²) in [4.78, 5) is 14.6. The molecule has 0 radical (unpaired) electrons. The summed E-state index contributed by atoms with van der Waals surface area (Å²) in [5.74, 6) is 5.68. The number of carbonyl (C=O) groups excluding carboxylic acids is 1. The summed E-state index contributed by atoms with van der Waals surface area (Å²) >= 11 is 0. The van der Waals surface area contributed by atoms with E-state index in [-0.39, 0.29) is 22.9 Å². The van der Waals surface area contributed by atoms with Crippen molar-refractivity contribution in [1.82, 2.24) is 10.2 Å². The molecular formula is C31H55BrN2O. The number of hydrogen-bond donors (Lipinski definition) is 1. The number of fused-ring (bicyclic) bond motifs is 5. The highest BCUT2D eigenvalue weighted by atomic mass is 79.9. The van der Waals surface area contributed by atoms with Gasteiger partial charge in [0, 0.05) is 19.5 Å². The molecule has 4 saturated carbocycles. The first-order chi connectivity index (χ1) is 16.3. The van der Waals surface area contributed by atoms with Crippen molar-refractivity contribution in [3.63, 3.8) is 0 Å². The molecule has 0 aliphatic heterocycles. The minimum absolute atomic E-state index is 0. The molecule has 35 heavy (non-hydrogen) atoms. The molecule has 4 unspecified atom stereocenters. The number of amides is 1. The van der Waals surface area contributed by atoms with E-state index in [1.807, 2.05) is 0 Å². The Bertz CT molecular complexity index is 723. The van der Waals surface area contributed by atoms with Crippen LogP contribution in [0.3, 0.4) is 0 Å². The van der Waals surface area contributed by atoms with E-state index < -0.39 is 0 Å². The Hall–Kier alpha value is -0.350. The molecule has 0 spiro atoms. The average molecular weight is 552 g/mol. The van der Waals surface area contributed by atoms with Gasteiger partial charge in [-0.1, -0.05) is 45.8 Å². The summed E-state index contributed by atoms with van der Waals surface area (Å²) < 4.78 is 0. The Morgan fingerprint density at radius 3 is 2.51 bits per heavy atom. The first-order valence-electron chi connectivity index (χ1n) is 14.8. The third-order valence-electron chi connectivity index (χ3n) is 11.4. The Balaban J connectivity index is 0.00000342. The van der Waals surface area contributed by atoms with Crippen LogP contribution in [0.25, 0.3) is 0 Å². The van der Waals surface area contributed by atoms with E-state index in [0.717, 1.165) is 55.5 Å². The van der Waals surface area contributed by atoms with Crippen LogP contribution >= 0.6 is 17.0 Å². The van der Waals surface area contributed by atoms with Gasteiger partial charge in [0.2, 0.25) is 5.91 Å². The number of rotatable bonds is 9. The SMILES string of the molecule is Br.C[C@H](CCC(=O)NCCC=CCN(C)C)[C@H]1CCC2C3CCC4CCCC[C@]4(C)C3CC[C@@]21C. The molecule has 4 aliphatic rings. The molecule has 0 aromatic rings. The van der Waals surface area contributed by atoms with Gasteiger partial charge in [-0.3, -0.25) is 4.79 Å². The van der Waals surface area contributed by atoms with Crippen LogP contribution in [0.5, 0.6) is 0 Å². The van der Waals surface area contributed by atoms with Crippen LogP contribution in [0.4, 0.5) is 0 Å². The fourth-order valence-corrected chi connectivity index (χ4v) is 9.62. The predicted octanol–water partition coefficient (Wildman–Crippen LogP) is 7.65. The molecule has 0 aromatic heterocycles. The molecule has 4 rings (SSSR count). The molecule has 4 heteroatoms. The number of carbonyl (C=O) groups is 1. The lowest BCUT2D eigenvalue weighted by atomic mass is 9.44. The van der Waals surface area contributed by atoms with Crippen LogP contribution in [0, 0.1) is 46.3 Å². The molecule has 0 saturated heterocycles. The summed E-state index contributed by atoms with van der Waals surface area (Å²) in [6.07, 6.45) is 21.8. The van der Waals surface area contributed by atoms with Crippen molar-refractivity contribution >= 4 is 22.9 Å². The van der Waals surface area contributed by atoms with Gasteiger partial charge in [-0.15, -0.1) is 17.0 Å². The van der Waals surface area contributed by atoms with Crippen LogP contribution in [-0.2, 0) is 4.79 Å². The molecule has 3 nitrogen and oxygen atoms in total. The van der Waals surface area contributed by atoms with Gasteiger partial charge in [0.15, 0.2) is 0 Å². The normalized spacial score (nSPS) is 39.4. The maximum Gasteiger partial charge on any atom is 0.220 e. The maximum atomic E-state index is 12.5. The zero-order chi connectivity index (χ0) is 24.3. The van der Waals surface area contributed by atoms with Crippen LogP contribution < -0.4 is 5.32 Å². The minimum Gasteiger partial charge on any atom is -0.356 e. The molecular weight excluding hydrogens is 496 g/mol. The van der Waals surface area contributed by atoms with Gasteiger partial charge >= 0.3 is 0 Å². The van der Waals surface area contributed by atoms with E-state index in [2.05, 4.69) is 57.2 Å². The predicted molar refractivity (Wildman–Crippen MR) is 154 cm³/mol. The maximum absolute atomic E-state index is 12.5. The number of hydrogen-bond acceptors (Lipinski definition) is 2. The lowest BCUT2D eigenvalue weighted by Crippen LogP contribution is -2.53. The minimum atomic E-state index is 0. The highest BCUT2D eigenvalue weighted by Gasteiger charge is 2.60. The third kappa shape index (κ3) is 6.21. The average Bonchev–Trinajstić information content (AvgIpc) is 3.16.